The number of aromatic nitrogens is 1. The van der Waals surface area contributed by atoms with Gasteiger partial charge in [-0.1, -0.05) is 13.3 Å². The van der Waals surface area contributed by atoms with Gasteiger partial charge < -0.3 is 10.8 Å². The lowest BCUT2D eigenvalue weighted by Gasteiger charge is -2.26. The van der Waals surface area contributed by atoms with Crippen molar-refractivity contribution in [1.82, 2.24) is 4.98 Å². The van der Waals surface area contributed by atoms with Crippen LogP contribution in [0.3, 0.4) is 0 Å². The van der Waals surface area contributed by atoms with Crippen LogP contribution < -0.4 is 5.73 Å². The van der Waals surface area contributed by atoms with E-state index in [1.807, 2.05) is 6.92 Å². The standard InChI is InChI=1S/C10H15FN2O/c1-2-4-10(14,7-12)8-3-5-13-6-9(8)11/h3,5-6,14H,2,4,7,12H2,1H3. The van der Waals surface area contributed by atoms with E-state index in [-0.39, 0.29) is 12.1 Å². The van der Waals surface area contributed by atoms with Gasteiger partial charge in [0.25, 0.3) is 0 Å². The normalized spacial score (nSPS) is 15.1. The minimum Gasteiger partial charge on any atom is -0.384 e. The quantitative estimate of drug-likeness (QED) is 0.763. The molecule has 0 amide bonds. The molecule has 78 valence electrons. The number of nitrogens with two attached hydrogens (primary N) is 1. The molecule has 0 aliphatic heterocycles. The largest absolute Gasteiger partial charge is 0.384 e. The summed E-state index contributed by atoms with van der Waals surface area (Å²) in [5.74, 6) is -0.506. The van der Waals surface area contributed by atoms with Crippen LogP contribution in [0.4, 0.5) is 4.39 Å². The highest BCUT2D eigenvalue weighted by Gasteiger charge is 2.29. The van der Waals surface area contributed by atoms with Gasteiger partial charge in [0.2, 0.25) is 0 Å². The predicted molar refractivity (Wildman–Crippen MR) is 52.1 cm³/mol. The predicted octanol–water partition coefficient (Wildman–Crippen LogP) is 1.17. The van der Waals surface area contributed by atoms with Gasteiger partial charge in [0.1, 0.15) is 11.4 Å². The second-order valence-electron chi connectivity index (χ2n) is 3.34. The Labute approximate surface area is 82.8 Å². The molecule has 0 saturated carbocycles. The van der Waals surface area contributed by atoms with Crippen molar-refractivity contribution in [3.8, 4) is 0 Å². The first-order valence-corrected chi connectivity index (χ1v) is 4.66. The average Bonchev–Trinajstić information content (AvgIpc) is 2.18. The number of hydrogen-bond donors (Lipinski definition) is 2. The highest BCUT2D eigenvalue weighted by Crippen LogP contribution is 2.26. The summed E-state index contributed by atoms with van der Waals surface area (Å²) in [5, 5.41) is 10.1. The zero-order chi connectivity index (χ0) is 10.6. The van der Waals surface area contributed by atoms with E-state index < -0.39 is 11.4 Å². The summed E-state index contributed by atoms with van der Waals surface area (Å²) in [5.41, 5.74) is 4.43. The maximum absolute atomic E-state index is 13.3. The van der Waals surface area contributed by atoms with Crippen LogP contribution in [-0.4, -0.2) is 16.6 Å². The second-order valence-corrected chi connectivity index (χ2v) is 3.34. The molecule has 4 heteroatoms. The third-order valence-electron chi connectivity index (χ3n) is 2.28. The van der Waals surface area contributed by atoms with E-state index in [0.717, 1.165) is 12.6 Å². The van der Waals surface area contributed by atoms with Crippen molar-refractivity contribution in [2.24, 2.45) is 5.73 Å². The summed E-state index contributed by atoms with van der Waals surface area (Å²) in [6.45, 7) is 1.93. The summed E-state index contributed by atoms with van der Waals surface area (Å²) in [7, 11) is 0. The van der Waals surface area contributed by atoms with Gasteiger partial charge >= 0.3 is 0 Å². The first kappa shape index (κ1) is 11.1. The maximum Gasteiger partial charge on any atom is 0.147 e. The van der Waals surface area contributed by atoms with Gasteiger partial charge in [0, 0.05) is 18.3 Å². The number of pyridine rings is 1. The summed E-state index contributed by atoms with van der Waals surface area (Å²) in [4.78, 5) is 3.63. The van der Waals surface area contributed by atoms with Crippen LogP contribution in [0.25, 0.3) is 0 Å². The molecule has 1 heterocycles. The van der Waals surface area contributed by atoms with Crippen molar-refractivity contribution in [3.63, 3.8) is 0 Å². The van der Waals surface area contributed by atoms with Crippen molar-refractivity contribution in [2.45, 2.75) is 25.4 Å². The molecule has 0 radical (unpaired) electrons. The fourth-order valence-electron chi connectivity index (χ4n) is 1.51. The average molecular weight is 198 g/mol. The molecule has 0 fully saturated rings. The molecule has 0 aliphatic rings. The van der Waals surface area contributed by atoms with E-state index in [1.165, 1.54) is 12.3 Å². The number of aliphatic hydroxyl groups is 1. The number of hydrogen-bond acceptors (Lipinski definition) is 3. The molecule has 1 unspecified atom stereocenters. The number of rotatable bonds is 4. The SMILES string of the molecule is CCCC(O)(CN)c1ccncc1F. The van der Waals surface area contributed by atoms with Gasteiger partial charge in [-0.25, -0.2) is 4.39 Å². The maximum atomic E-state index is 13.3. The van der Waals surface area contributed by atoms with Gasteiger partial charge in [-0.3, -0.25) is 4.98 Å². The van der Waals surface area contributed by atoms with Crippen molar-refractivity contribution < 1.29 is 9.50 Å². The highest BCUT2D eigenvalue weighted by atomic mass is 19.1. The summed E-state index contributed by atoms with van der Waals surface area (Å²) >= 11 is 0. The Morgan fingerprint density at radius 3 is 2.86 bits per heavy atom. The molecule has 0 spiro atoms. The lowest BCUT2D eigenvalue weighted by atomic mass is 9.90. The molecule has 1 aromatic heterocycles. The van der Waals surface area contributed by atoms with Gasteiger partial charge in [0.15, 0.2) is 0 Å². The van der Waals surface area contributed by atoms with Crippen molar-refractivity contribution in [3.05, 3.63) is 29.8 Å². The second kappa shape index (κ2) is 4.48. The van der Waals surface area contributed by atoms with Gasteiger partial charge in [-0.2, -0.15) is 0 Å². The first-order chi connectivity index (χ1) is 6.64. The van der Waals surface area contributed by atoms with Crippen LogP contribution in [0.15, 0.2) is 18.5 Å². The molecule has 0 saturated heterocycles. The van der Waals surface area contributed by atoms with E-state index in [2.05, 4.69) is 4.98 Å². The molecule has 0 bridgehead atoms. The number of halogens is 1. The summed E-state index contributed by atoms with van der Waals surface area (Å²) < 4.78 is 13.3. The van der Waals surface area contributed by atoms with Crippen molar-refractivity contribution >= 4 is 0 Å². The van der Waals surface area contributed by atoms with E-state index in [0.29, 0.717) is 6.42 Å². The Morgan fingerprint density at radius 1 is 1.64 bits per heavy atom. The minimum atomic E-state index is -1.26. The molecule has 14 heavy (non-hydrogen) atoms. The molecule has 1 atom stereocenters. The van der Waals surface area contributed by atoms with Crippen LogP contribution in [0.2, 0.25) is 0 Å². The van der Waals surface area contributed by atoms with Gasteiger partial charge in [-0.05, 0) is 12.5 Å². The number of nitrogens with zero attached hydrogens (tertiary/aromatic N) is 1. The zero-order valence-corrected chi connectivity index (χ0v) is 8.20. The van der Waals surface area contributed by atoms with Crippen LogP contribution >= 0.6 is 0 Å². The molecule has 3 nitrogen and oxygen atoms in total. The van der Waals surface area contributed by atoms with Crippen LogP contribution in [0.1, 0.15) is 25.3 Å². The van der Waals surface area contributed by atoms with Crippen LogP contribution in [-0.2, 0) is 5.60 Å². The van der Waals surface area contributed by atoms with E-state index in [4.69, 9.17) is 5.73 Å². The lowest BCUT2D eigenvalue weighted by Crippen LogP contribution is -2.35. The van der Waals surface area contributed by atoms with Crippen molar-refractivity contribution in [2.75, 3.05) is 6.54 Å². The third-order valence-corrected chi connectivity index (χ3v) is 2.28. The molecule has 1 rings (SSSR count). The molecular weight excluding hydrogens is 183 g/mol. The highest BCUT2D eigenvalue weighted by molar-refractivity contribution is 5.21. The molecule has 0 aromatic carbocycles. The van der Waals surface area contributed by atoms with E-state index in [9.17, 15) is 9.50 Å². The molecule has 3 N–H and O–H groups in total. The Kier molecular flexibility index (Phi) is 3.55. The van der Waals surface area contributed by atoms with Gasteiger partial charge in [0.05, 0.1) is 6.20 Å². The Balaban J connectivity index is 3.05. The lowest BCUT2D eigenvalue weighted by molar-refractivity contribution is 0.0322. The monoisotopic (exact) mass is 198 g/mol. The fourth-order valence-corrected chi connectivity index (χ4v) is 1.51. The topological polar surface area (TPSA) is 59.1 Å². The zero-order valence-electron chi connectivity index (χ0n) is 8.20. The van der Waals surface area contributed by atoms with Crippen molar-refractivity contribution in [1.29, 1.82) is 0 Å². The Hall–Kier alpha value is -1.00. The minimum absolute atomic E-state index is 0.0156. The summed E-state index contributed by atoms with van der Waals surface area (Å²) in [6.07, 6.45) is 3.74. The smallest absolute Gasteiger partial charge is 0.147 e. The fraction of sp³-hybridized carbons (Fsp3) is 0.500. The van der Waals surface area contributed by atoms with Crippen LogP contribution in [0, 0.1) is 5.82 Å². The van der Waals surface area contributed by atoms with Crippen LogP contribution in [0.5, 0.6) is 0 Å². The summed E-state index contributed by atoms with van der Waals surface area (Å²) in [6, 6.07) is 1.47. The van der Waals surface area contributed by atoms with E-state index in [1.54, 1.807) is 0 Å². The first-order valence-electron chi connectivity index (χ1n) is 4.66. The molecule has 1 aromatic rings. The Bertz CT molecular complexity index is 306. The van der Waals surface area contributed by atoms with Gasteiger partial charge in [-0.15, -0.1) is 0 Å². The third kappa shape index (κ3) is 2.08. The van der Waals surface area contributed by atoms with E-state index >= 15 is 0 Å². The molecule has 0 aliphatic carbocycles. The molecular formula is C10H15FN2O. The Morgan fingerprint density at radius 2 is 2.36 bits per heavy atom.